The quantitative estimate of drug-likeness (QED) is 0.841. The maximum absolute atomic E-state index is 12.5. The lowest BCUT2D eigenvalue weighted by Gasteiger charge is -2.07. The molecule has 0 saturated carbocycles. The highest BCUT2D eigenvalue weighted by Crippen LogP contribution is 2.28. The fraction of sp³-hybridized carbons (Fsp3) is 0.412. The zero-order valence-corrected chi connectivity index (χ0v) is 14.8. The third-order valence-corrected chi connectivity index (χ3v) is 4.58. The molecule has 1 heterocycles. The summed E-state index contributed by atoms with van der Waals surface area (Å²) >= 11 is 3.49. The number of hydrogen-bond acceptors (Lipinski definition) is 3. The number of carbonyl (C=O) groups is 1. The van der Waals surface area contributed by atoms with E-state index in [2.05, 4.69) is 26.3 Å². The highest BCUT2D eigenvalue weighted by Gasteiger charge is 2.26. The van der Waals surface area contributed by atoms with Crippen molar-refractivity contribution in [2.45, 2.75) is 38.6 Å². The van der Waals surface area contributed by atoms with Crippen LogP contribution in [0.1, 0.15) is 41.5 Å². The second kappa shape index (κ2) is 6.84. The summed E-state index contributed by atoms with van der Waals surface area (Å²) in [5.74, 6) is -0.0995. The first kappa shape index (κ1) is 16.2. The van der Waals surface area contributed by atoms with Crippen LogP contribution in [-0.2, 0) is 12.8 Å². The molecular weight excluding hydrogens is 356 g/mol. The van der Waals surface area contributed by atoms with Crippen molar-refractivity contribution in [1.29, 1.82) is 0 Å². The minimum atomic E-state index is -0.0995. The lowest BCUT2D eigenvalue weighted by molar-refractivity contribution is 0.0946. The largest absolute Gasteiger partial charge is 0.351 e. The molecular formula is C17H21BrN4O. The standard InChI is InChI=1S/C17H21BrN4O/c1-11(19)8-9-20-17(23)16-14-6-3-7-15(14)22(21-16)13-5-2-4-12(18)10-13/h2,4-5,10-11H,3,6-9,19H2,1H3,(H,20,23). The number of benzene rings is 1. The van der Waals surface area contributed by atoms with Gasteiger partial charge in [0.05, 0.1) is 5.69 Å². The molecule has 1 aromatic carbocycles. The summed E-state index contributed by atoms with van der Waals surface area (Å²) in [6, 6.07) is 8.07. The van der Waals surface area contributed by atoms with Crippen LogP contribution in [0.4, 0.5) is 0 Å². The van der Waals surface area contributed by atoms with E-state index in [9.17, 15) is 4.79 Å². The van der Waals surface area contributed by atoms with Crippen LogP contribution in [0.25, 0.3) is 5.69 Å². The Labute approximate surface area is 144 Å². The van der Waals surface area contributed by atoms with Crippen molar-refractivity contribution in [3.8, 4) is 5.69 Å². The van der Waals surface area contributed by atoms with Crippen LogP contribution in [0.3, 0.4) is 0 Å². The van der Waals surface area contributed by atoms with Crippen LogP contribution >= 0.6 is 15.9 Å². The number of rotatable bonds is 5. The number of carbonyl (C=O) groups excluding carboxylic acids is 1. The Morgan fingerprint density at radius 1 is 1.48 bits per heavy atom. The first-order chi connectivity index (χ1) is 11.1. The summed E-state index contributed by atoms with van der Waals surface area (Å²) in [6.07, 6.45) is 3.71. The molecule has 0 bridgehead atoms. The van der Waals surface area contributed by atoms with Gasteiger partial charge in [0, 0.05) is 28.3 Å². The summed E-state index contributed by atoms with van der Waals surface area (Å²) in [4.78, 5) is 12.5. The normalized spacial score (nSPS) is 14.6. The van der Waals surface area contributed by atoms with Gasteiger partial charge < -0.3 is 11.1 Å². The molecule has 23 heavy (non-hydrogen) atoms. The monoisotopic (exact) mass is 376 g/mol. The number of amides is 1. The van der Waals surface area contributed by atoms with Gasteiger partial charge in [-0.1, -0.05) is 22.0 Å². The summed E-state index contributed by atoms with van der Waals surface area (Å²) in [6.45, 7) is 2.51. The average molecular weight is 377 g/mol. The Balaban J connectivity index is 1.88. The van der Waals surface area contributed by atoms with Crippen molar-refractivity contribution in [2.75, 3.05) is 6.54 Å². The van der Waals surface area contributed by atoms with E-state index in [0.29, 0.717) is 12.2 Å². The molecule has 0 radical (unpaired) electrons. The van der Waals surface area contributed by atoms with E-state index in [1.165, 1.54) is 0 Å². The number of halogens is 1. The van der Waals surface area contributed by atoms with E-state index in [1.54, 1.807) is 0 Å². The van der Waals surface area contributed by atoms with E-state index in [0.717, 1.165) is 47.1 Å². The third kappa shape index (κ3) is 3.48. The first-order valence-electron chi connectivity index (χ1n) is 7.96. The topological polar surface area (TPSA) is 72.9 Å². The molecule has 1 aromatic heterocycles. The van der Waals surface area contributed by atoms with Crippen LogP contribution in [0.15, 0.2) is 28.7 Å². The number of nitrogens with one attached hydrogen (secondary N) is 1. The molecule has 0 spiro atoms. The molecule has 0 saturated heterocycles. The predicted octanol–water partition coefficient (Wildman–Crippen LogP) is 2.59. The number of aromatic nitrogens is 2. The SMILES string of the molecule is CC(N)CCNC(=O)c1nn(-c2cccc(Br)c2)c2c1CCC2. The smallest absolute Gasteiger partial charge is 0.272 e. The molecule has 122 valence electrons. The minimum Gasteiger partial charge on any atom is -0.351 e. The van der Waals surface area contributed by atoms with Gasteiger partial charge in [-0.25, -0.2) is 4.68 Å². The van der Waals surface area contributed by atoms with Crippen molar-refractivity contribution >= 4 is 21.8 Å². The molecule has 1 atom stereocenters. The van der Waals surface area contributed by atoms with Gasteiger partial charge in [0.25, 0.3) is 5.91 Å². The number of fused-ring (bicyclic) bond motifs is 1. The summed E-state index contributed by atoms with van der Waals surface area (Å²) < 4.78 is 2.91. The predicted molar refractivity (Wildman–Crippen MR) is 93.9 cm³/mol. The molecule has 3 rings (SSSR count). The fourth-order valence-electron chi connectivity index (χ4n) is 2.94. The molecule has 3 N–H and O–H groups in total. The Bertz CT molecular complexity index is 723. The van der Waals surface area contributed by atoms with Crippen LogP contribution in [-0.4, -0.2) is 28.3 Å². The van der Waals surface area contributed by atoms with Crippen molar-refractivity contribution in [3.63, 3.8) is 0 Å². The number of nitrogens with zero attached hydrogens (tertiary/aromatic N) is 2. The van der Waals surface area contributed by atoms with Gasteiger partial charge in [0.1, 0.15) is 0 Å². The highest BCUT2D eigenvalue weighted by molar-refractivity contribution is 9.10. The third-order valence-electron chi connectivity index (χ3n) is 4.08. The first-order valence-corrected chi connectivity index (χ1v) is 8.76. The summed E-state index contributed by atoms with van der Waals surface area (Å²) in [7, 11) is 0. The zero-order valence-electron chi connectivity index (χ0n) is 13.2. The molecule has 1 unspecified atom stereocenters. The van der Waals surface area contributed by atoms with Gasteiger partial charge in [-0.3, -0.25) is 4.79 Å². The molecule has 0 aliphatic heterocycles. The Hall–Kier alpha value is -1.66. The zero-order chi connectivity index (χ0) is 16.4. The second-order valence-electron chi connectivity index (χ2n) is 6.04. The minimum absolute atomic E-state index is 0.0836. The van der Waals surface area contributed by atoms with Crippen LogP contribution in [0, 0.1) is 0 Å². The highest BCUT2D eigenvalue weighted by atomic mass is 79.9. The van der Waals surface area contributed by atoms with E-state index < -0.39 is 0 Å². The van der Waals surface area contributed by atoms with E-state index in [1.807, 2.05) is 35.9 Å². The van der Waals surface area contributed by atoms with Gasteiger partial charge in [-0.2, -0.15) is 5.10 Å². The van der Waals surface area contributed by atoms with Crippen LogP contribution in [0.5, 0.6) is 0 Å². The number of hydrogen-bond donors (Lipinski definition) is 2. The lowest BCUT2D eigenvalue weighted by Crippen LogP contribution is -2.29. The van der Waals surface area contributed by atoms with E-state index in [-0.39, 0.29) is 11.9 Å². The molecule has 0 fully saturated rings. The summed E-state index contributed by atoms with van der Waals surface area (Å²) in [5, 5.41) is 7.53. The van der Waals surface area contributed by atoms with Crippen LogP contribution < -0.4 is 11.1 Å². The molecule has 5 nitrogen and oxygen atoms in total. The average Bonchev–Trinajstić information content (AvgIpc) is 3.08. The summed E-state index contributed by atoms with van der Waals surface area (Å²) in [5.41, 5.74) is 9.50. The number of nitrogens with two attached hydrogens (primary N) is 1. The molecule has 6 heteroatoms. The lowest BCUT2D eigenvalue weighted by atomic mass is 10.2. The van der Waals surface area contributed by atoms with Gasteiger partial charge in [0.2, 0.25) is 0 Å². The van der Waals surface area contributed by atoms with Crippen molar-refractivity contribution in [2.24, 2.45) is 5.73 Å². The van der Waals surface area contributed by atoms with Crippen molar-refractivity contribution in [1.82, 2.24) is 15.1 Å². The fourth-order valence-corrected chi connectivity index (χ4v) is 3.33. The van der Waals surface area contributed by atoms with Crippen molar-refractivity contribution in [3.05, 3.63) is 45.7 Å². The molecule has 1 amide bonds. The van der Waals surface area contributed by atoms with E-state index >= 15 is 0 Å². The van der Waals surface area contributed by atoms with Crippen LogP contribution in [0.2, 0.25) is 0 Å². The van der Waals surface area contributed by atoms with Gasteiger partial charge in [-0.05, 0) is 50.8 Å². The maximum atomic E-state index is 12.5. The Kier molecular flexibility index (Phi) is 4.82. The molecule has 1 aliphatic carbocycles. The van der Waals surface area contributed by atoms with E-state index in [4.69, 9.17) is 5.73 Å². The Morgan fingerprint density at radius 2 is 2.30 bits per heavy atom. The van der Waals surface area contributed by atoms with Crippen molar-refractivity contribution < 1.29 is 4.79 Å². The van der Waals surface area contributed by atoms with Gasteiger partial charge in [-0.15, -0.1) is 0 Å². The maximum Gasteiger partial charge on any atom is 0.272 e. The van der Waals surface area contributed by atoms with Gasteiger partial charge in [0.15, 0.2) is 5.69 Å². The second-order valence-corrected chi connectivity index (χ2v) is 6.96. The Morgan fingerprint density at radius 3 is 3.04 bits per heavy atom. The molecule has 1 aliphatic rings. The van der Waals surface area contributed by atoms with Gasteiger partial charge >= 0.3 is 0 Å². The molecule has 2 aromatic rings.